The first kappa shape index (κ1) is 16.7. The topological polar surface area (TPSA) is 40.6 Å². The number of amides is 2. The number of piperazine rings is 1. The number of benzene rings is 1. The molecule has 2 fully saturated rings. The van der Waals surface area contributed by atoms with Gasteiger partial charge in [-0.3, -0.25) is 9.59 Å². The molecule has 1 aliphatic heterocycles. The lowest BCUT2D eigenvalue weighted by molar-refractivity contribution is -0.140. The zero-order valence-electron chi connectivity index (χ0n) is 14.4. The minimum Gasteiger partial charge on any atom is -0.339 e. The summed E-state index contributed by atoms with van der Waals surface area (Å²) < 4.78 is 0. The molecule has 0 unspecified atom stereocenters. The summed E-state index contributed by atoms with van der Waals surface area (Å²) in [7, 11) is 0. The quantitative estimate of drug-likeness (QED) is 0.802. The van der Waals surface area contributed by atoms with Gasteiger partial charge >= 0.3 is 0 Å². The molecule has 0 aromatic heterocycles. The van der Waals surface area contributed by atoms with Crippen molar-refractivity contribution in [3.05, 3.63) is 41.5 Å². The van der Waals surface area contributed by atoms with Crippen molar-refractivity contribution in [3.8, 4) is 0 Å². The Morgan fingerprint density at radius 2 is 1.54 bits per heavy atom. The van der Waals surface area contributed by atoms with Crippen LogP contribution in [0.25, 0.3) is 6.08 Å². The largest absolute Gasteiger partial charge is 0.339 e. The zero-order valence-corrected chi connectivity index (χ0v) is 14.4. The van der Waals surface area contributed by atoms with Gasteiger partial charge in [0.25, 0.3) is 0 Å². The number of hydrogen-bond acceptors (Lipinski definition) is 2. The molecular formula is C20H26N2O2. The van der Waals surface area contributed by atoms with E-state index in [1.54, 1.807) is 6.08 Å². The first-order chi connectivity index (χ1) is 11.6. The van der Waals surface area contributed by atoms with Crippen molar-refractivity contribution in [1.82, 2.24) is 9.80 Å². The smallest absolute Gasteiger partial charge is 0.246 e. The van der Waals surface area contributed by atoms with Crippen LogP contribution in [0.5, 0.6) is 0 Å². The van der Waals surface area contributed by atoms with Crippen LogP contribution in [0.1, 0.15) is 36.8 Å². The van der Waals surface area contributed by atoms with Gasteiger partial charge in [-0.2, -0.15) is 0 Å². The summed E-state index contributed by atoms with van der Waals surface area (Å²) in [5.74, 6) is 0.562. The number of hydrogen-bond donors (Lipinski definition) is 0. The number of aryl methyl sites for hydroxylation is 1. The summed E-state index contributed by atoms with van der Waals surface area (Å²) in [5, 5.41) is 0. The van der Waals surface area contributed by atoms with Crippen molar-refractivity contribution in [2.45, 2.75) is 32.6 Å². The van der Waals surface area contributed by atoms with E-state index in [4.69, 9.17) is 0 Å². The molecule has 0 radical (unpaired) electrons. The van der Waals surface area contributed by atoms with Crippen molar-refractivity contribution in [2.75, 3.05) is 26.2 Å². The molecular weight excluding hydrogens is 300 g/mol. The molecule has 4 heteroatoms. The predicted octanol–water partition coefficient (Wildman–Crippen LogP) is 2.87. The summed E-state index contributed by atoms with van der Waals surface area (Å²) in [4.78, 5) is 28.5. The Morgan fingerprint density at radius 3 is 2.17 bits per heavy atom. The molecule has 2 amide bonds. The Labute approximate surface area is 144 Å². The van der Waals surface area contributed by atoms with Crippen LogP contribution in [0.4, 0.5) is 0 Å². The summed E-state index contributed by atoms with van der Waals surface area (Å²) in [5.41, 5.74) is 2.24. The fraction of sp³-hybridized carbons (Fsp3) is 0.500. The van der Waals surface area contributed by atoms with Crippen molar-refractivity contribution >= 4 is 17.9 Å². The summed E-state index contributed by atoms with van der Waals surface area (Å²) >= 11 is 0. The first-order valence-electron chi connectivity index (χ1n) is 8.96. The van der Waals surface area contributed by atoms with E-state index in [2.05, 4.69) is 0 Å². The van der Waals surface area contributed by atoms with Crippen molar-refractivity contribution in [1.29, 1.82) is 0 Å². The SMILES string of the molecule is Cc1ccc(/C=C\C(=O)N2CCN(C(=O)C3CCCC3)CC2)cc1. The van der Waals surface area contributed by atoms with Gasteiger partial charge in [0, 0.05) is 38.2 Å². The average molecular weight is 326 g/mol. The maximum Gasteiger partial charge on any atom is 0.246 e. The van der Waals surface area contributed by atoms with Crippen molar-refractivity contribution < 1.29 is 9.59 Å². The van der Waals surface area contributed by atoms with E-state index >= 15 is 0 Å². The highest BCUT2D eigenvalue weighted by Crippen LogP contribution is 2.26. The van der Waals surface area contributed by atoms with E-state index in [1.807, 2.05) is 47.1 Å². The van der Waals surface area contributed by atoms with E-state index in [1.165, 1.54) is 18.4 Å². The fourth-order valence-corrected chi connectivity index (χ4v) is 3.53. The molecule has 1 heterocycles. The van der Waals surface area contributed by atoms with E-state index in [0.717, 1.165) is 18.4 Å². The van der Waals surface area contributed by atoms with Gasteiger partial charge in [-0.25, -0.2) is 0 Å². The standard InChI is InChI=1S/C20H26N2O2/c1-16-6-8-17(9-7-16)10-11-19(23)21-12-14-22(15-13-21)20(24)18-4-2-3-5-18/h6-11,18H,2-5,12-15H2,1H3/b11-10-. The number of nitrogens with zero attached hydrogens (tertiary/aromatic N) is 2. The van der Waals surface area contributed by atoms with Gasteiger partial charge < -0.3 is 9.80 Å². The molecule has 0 bridgehead atoms. The highest BCUT2D eigenvalue weighted by Gasteiger charge is 2.29. The van der Waals surface area contributed by atoms with Crippen LogP contribution in [-0.4, -0.2) is 47.8 Å². The fourth-order valence-electron chi connectivity index (χ4n) is 3.53. The van der Waals surface area contributed by atoms with Crippen LogP contribution in [0, 0.1) is 12.8 Å². The third-order valence-electron chi connectivity index (χ3n) is 5.10. The molecule has 1 aliphatic carbocycles. The Bertz CT molecular complexity index is 607. The zero-order chi connectivity index (χ0) is 16.9. The Hall–Kier alpha value is -2.10. The molecule has 24 heavy (non-hydrogen) atoms. The monoisotopic (exact) mass is 326 g/mol. The van der Waals surface area contributed by atoms with E-state index in [-0.39, 0.29) is 11.8 Å². The van der Waals surface area contributed by atoms with E-state index in [0.29, 0.717) is 32.1 Å². The van der Waals surface area contributed by atoms with Crippen molar-refractivity contribution in [2.24, 2.45) is 5.92 Å². The lowest BCUT2D eigenvalue weighted by Crippen LogP contribution is -2.51. The first-order valence-corrected chi connectivity index (χ1v) is 8.96. The van der Waals surface area contributed by atoms with Crippen LogP contribution in [0.3, 0.4) is 0 Å². The lowest BCUT2D eigenvalue weighted by atomic mass is 10.1. The molecule has 2 aliphatic rings. The van der Waals surface area contributed by atoms with Crippen LogP contribution in [0.15, 0.2) is 30.3 Å². The van der Waals surface area contributed by atoms with Crippen LogP contribution in [-0.2, 0) is 9.59 Å². The third-order valence-corrected chi connectivity index (χ3v) is 5.10. The van der Waals surface area contributed by atoms with E-state index < -0.39 is 0 Å². The highest BCUT2D eigenvalue weighted by molar-refractivity contribution is 5.92. The normalized spacial score (nSPS) is 19.2. The highest BCUT2D eigenvalue weighted by atomic mass is 16.2. The summed E-state index contributed by atoms with van der Waals surface area (Å²) in [6, 6.07) is 8.10. The van der Waals surface area contributed by atoms with Gasteiger partial charge in [-0.15, -0.1) is 0 Å². The summed E-state index contributed by atoms with van der Waals surface area (Å²) in [6.07, 6.45) is 7.93. The Kier molecular flexibility index (Phi) is 5.34. The van der Waals surface area contributed by atoms with Gasteiger partial charge in [0.05, 0.1) is 0 Å². The van der Waals surface area contributed by atoms with E-state index in [9.17, 15) is 9.59 Å². The lowest BCUT2D eigenvalue weighted by Gasteiger charge is -2.35. The molecule has 0 atom stereocenters. The molecule has 1 saturated carbocycles. The Morgan fingerprint density at radius 1 is 0.958 bits per heavy atom. The molecule has 1 saturated heterocycles. The second-order valence-electron chi connectivity index (χ2n) is 6.88. The molecule has 1 aromatic rings. The van der Waals surface area contributed by atoms with Crippen LogP contribution < -0.4 is 0 Å². The molecule has 3 rings (SSSR count). The second-order valence-corrected chi connectivity index (χ2v) is 6.88. The molecule has 4 nitrogen and oxygen atoms in total. The minimum absolute atomic E-state index is 0.0311. The molecule has 0 spiro atoms. The molecule has 128 valence electrons. The summed E-state index contributed by atoms with van der Waals surface area (Å²) in [6.45, 7) is 4.65. The molecule has 0 N–H and O–H groups in total. The minimum atomic E-state index is 0.0311. The maximum absolute atomic E-state index is 12.4. The van der Waals surface area contributed by atoms with Crippen LogP contribution >= 0.6 is 0 Å². The number of carbonyl (C=O) groups is 2. The molecule has 1 aromatic carbocycles. The number of rotatable bonds is 3. The van der Waals surface area contributed by atoms with Crippen LogP contribution in [0.2, 0.25) is 0 Å². The van der Waals surface area contributed by atoms with Crippen molar-refractivity contribution in [3.63, 3.8) is 0 Å². The average Bonchev–Trinajstić information content (AvgIpc) is 3.15. The maximum atomic E-state index is 12.4. The van der Waals surface area contributed by atoms with Gasteiger partial charge in [-0.05, 0) is 31.4 Å². The van der Waals surface area contributed by atoms with Gasteiger partial charge in [-0.1, -0.05) is 42.7 Å². The second kappa shape index (κ2) is 7.65. The predicted molar refractivity (Wildman–Crippen MR) is 95.3 cm³/mol. The van der Waals surface area contributed by atoms with Gasteiger partial charge in [0.2, 0.25) is 11.8 Å². The third kappa shape index (κ3) is 4.05. The number of carbonyl (C=O) groups excluding carboxylic acids is 2. The van der Waals surface area contributed by atoms with Gasteiger partial charge in [0.1, 0.15) is 0 Å². The Balaban J connectivity index is 1.49. The van der Waals surface area contributed by atoms with Gasteiger partial charge in [0.15, 0.2) is 0 Å².